The molecule has 22 heavy (non-hydrogen) atoms. The molecule has 0 saturated carbocycles. The number of hydrogen-bond donors (Lipinski definition) is 0. The van der Waals surface area contributed by atoms with Crippen LogP contribution in [0.1, 0.15) is 38.8 Å². The highest BCUT2D eigenvalue weighted by molar-refractivity contribution is 6.40. The Labute approximate surface area is 137 Å². The Morgan fingerprint density at radius 3 is 2.23 bits per heavy atom. The Morgan fingerprint density at radius 2 is 1.68 bits per heavy atom. The van der Waals surface area contributed by atoms with Gasteiger partial charge in [0.25, 0.3) is 0 Å². The summed E-state index contributed by atoms with van der Waals surface area (Å²) in [5.74, 6) is 0.676. The van der Waals surface area contributed by atoms with Crippen LogP contribution in [0.2, 0.25) is 0 Å². The standard InChI is InChI=1S/C19H23B2N/c1-13(2)10-16-11-18(15-8-6-5-7-9-15)22-12-17(16)19(20,21)14(3)4/h5-9,11-14H,10H2,1-4H3. The van der Waals surface area contributed by atoms with Crippen molar-refractivity contribution in [2.24, 2.45) is 11.8 Å². The van der Waals surface area contributed by atoms with E-state index in [0.29, 0.717) is 5.92 Å². The maximum absolute atomic E-state index is 6.38. The largest absolute Gasteiger partial charge is 0.256 e. The van der Waals surface area contributed by atoms with E-state index in [1.54, 1.807) is 0 Å². The molecular weight excluding hydrogens is 264 g/mol. The molecular formula is C19H23B2N. The van der Waals surface area contributed by atoms with Crippen molar-refractivity contribution in [1.29, 1.82) is 0 Å². The summed E-state index contributed by atoms with van der Waals surface area (Å²) in [5.41, 5.74) is 4.24. The molecule has 0 aliphatic carbocycles. The minimum absolute atomic E-state index is 0.141. The van der Waals surface area contributed by atoms with Gasteiger partial charge in [-0.2, -0.15) is 0 Å². The van der Waals surface area contributed by atoms with Gasteiger partial charge in [0.1, 0.15) is 0 Å². The number of benzene rings is 1. The van der Waals surface area contributed by atoms with E-state index >= 15 is 0 Å². The van der Waals surface area contributed by atoms with E-state index in [-0.39, 0.29) is 5.92 Å². The molecule has 3 heteroatoms. The molecule has 0 bridgehead atoms. The minimum Gasteiger partial charge on any atom is -0.256 e. The summed E-state index contributed by atoms with van der Waals surface area (Å²) >= 11 is 0. The lowest BCUT2D eigenvalue weighted by Crippen LogP contribution is -2.34. The van der Waals surface area contributed by atoms with E-state index in [1.165, 1.54) is 5.56 Å². The second-order valence-electron chi connectivity index (χ2n) is 6.78. The van der Waals surface area contributed by atoms with Crippen LogP contribution in [0.5, 0.6) is 0 Å². The highest BCUT2D eigenvalue weighted by Crippen LogP contribution is 2.31. The Hall–Kier alpha value is -1.50. The summed E-state index contributed by atoms with van der Waals surface area (Å²) < 4.78 is 0. The van der Waals surface area contributed by atoms with Gasteiger partial charge in [-0.25, -0.2) is 0 Å². The molecule has 2 aromatic rings. The van der Waals surface area contributed by atoms with Crippen LogP contribution in [0, 0.1) is 11.8 Å². The zero-order valence-electron chi connectivity index (χ0n) is 14.0. The fraction of sp³-hybridized carbons (Fsp3) is 0.421. The van der Waals surface area contributed by atoms with Gasteiger partial charge in [0, 0.05) is 11.8 Å². The first-order valence-electron chi connectivity index (χ1n) is 7.95. The van der Waals surface area contributed by atoms with Crippen molar-refractivity contribution in [3.05, 3.63) is 53.7 Å². The first kappa shape index (κ1) is 16.9. The highest BCUT2D eigenvalue weighted by Gasteiger charge is 2.27. The molecule has 0 aliphatic rings. The second-order valence-corrected chi connectivity index (χ2v) is 6.78. The number of nitrogens with zero attached hydrogens (tertiary/aromatic N) is 1. The SMILES string of the molecule is [B]C([B])(c1cnc(-c2ccccc2)cc1CC(C)C)C(C)C. The van der Waals surface area contributed by atoms with E-state index in [0.717, 1.165) is 23.2 Å². The maximum Gasteiger partial charge on any atom is 0.0704 e. The van der Waals surface area contributed by atoms with Crippen molar-refractivity contribution in [2.45, 2.75) is 39.3 Å². The summed E-state index contributed by atoms with van der Waals surface area (Å²) in [6.07, 6.45) is 2.81. The second kappa shape index (κ2) is 6.73. The van der Waals surface area contributed by atoms with Gasteiger partial charge in [-0.3, -0.25) is 4.98 Å². The molecule has 0 spiro atoms. The lowest BCUT2D eigenvalue weighted by Gasteiger charge is -2.33. The average molecular weight is 287 g/mol. The summed E-state index contributed by atoms with van der Waals surface area (Å²) in [6, 6.07) is 12.3. The molecule has 4 radical (unpaired) electrons. The van der Waals surface area contributed by atoms with Crippen molar-refractivity contribution in [3.63, 3.8) is 0 Å². The predicted octanol–water partition coefficient (Wildman–Crippen LogP) is 4.09. The van der Waals surface area contributed by atoms with Gasteiger partial charge in [-0.1, -0.05) is 69.2 Å². The third-order valence-corrected chi connectivity index (χ3v) is 4.11. The number of aromatic nitrogens is 1. The Kier molecular flexibility index (Phi) is 5.16. The summed E-state index contributed by atoms with van der Waals surface area (Å²) in [5, 5.41) is -0.855. The van der Waals surface area contributed by atoms with Gasteiger partial charge in [-0.15, -0.1) is 0 Å². The summed E-state index contributed by atoms with van der Waals surface area (Å²) in [6.45, 7) is 8.50. The van der Waals surface area contributed by atoms with Gasteiger partial charge in [0.2, 0.25) is 0 Å². The molecule has 2 rings (SSSR count). The highest BCUT2D eigenvalue weighted by atomic mass is 14.7. The Morgan fingerprint density at radius 1 is 1.05 bits per heavy atom. The molecule has 0 amide bonds. The van der Waals surface area contributed by atoms with E-state index in [2.05, 4.69) is 37.0 Å². The van der Waals surface area contributed by atoms with Crippen molar-refractivity contribution >= 4 is 15.7 Å². The normalized spacial score (nSPS) is 12.1. The number of hydrogen-bond acceptors (Lipinski definition) is 1. The lowest BCUT2D eigenvalue weighted by atomic mass is 9.45. The fourth-order valence-electron chi connectivity index (χ4n) is 2.57. The van der Waals surface area contributed by atoms with Gasteiger partial charge < -0.3 is 0 Å². The van der Waals surface area contributed by atoms with E-state index in [4.69, 9.17) is 15.7 Å². The van der Waals surface area contributed by atoms with Gasteiger partial charge in [-0.05, 0) is 29.5 Å². The summed E-state index contributed by atoms with van der Waals surface area (Å²) in [4.78, 5) is 4.61. The summed E-state index contributed by atoms with van der Waals surface area (Å²) in [7, 11) is 12.8. The average Bonchev–Trinajstić information content (AvgIpc) is 2.47. The minimum atomic E-state index is -0.855. The molecule has 1 aromatic heterocycles. The number of pyridine rings is 1. The van der Waals surface area contributed by atoms with Gasteiger partial charge in [0.15, 0.2) is 0 Å². The van der Waals surface area contributed by atoms with Crippen LogP contribution < -0.4 is 0 Å². The van der Waals surface area contributed by atoms with Crippen LogP contribution in [-0.4, -0.2) is 20.7 Å². The zero-order valence-corrected chi connectivity index (χ0v) is 14.0. The fourth-order valence-corrected chi connectivity index (χ4v) is 2.57. The first-order valence-corrected chi connectivity index (χ1v) is 7.95. The van der Waals surface area contributed by atoms with Crippen molar-refractivity contribution in [3.8, 4) is 11.3 Å². The smallest absolute Gasteiger partial charge is 0.0704 e. The molecule has 0 atom stereocenters. The first-order chi connectivity index (χ1) is 10.3. The van der Waals surface area contributed by atoms with E-state index in [9.17, 15) is 0 Å². The topological polar surface area (TPSA) is 12.9 Å². The van der Waals surface area contributed by atoms with Crippen molar-refractivity contribution in [2.75, 3.05) is 0 Å². The Balaban J connectivity index is 2.52. The van der Waals surface area contributed by atoms with Gasteiger partial charge >= 0.3 is 0 Å². The molecule has 0 N–H and O–H groups in total. The molecule has 0 fully saturated rings. The predicted molar refractivity (Wildman–Crippen MR) is 96.2 cm³/mol. The Bertz CT molecular complexity index is 619. The maximum atomic E-state index is 6.38. The van der Waals surface area contributed by atoms with Crippen molar-refractivity contribution < 1.29 is 0 Å². The zero-order chi connectivity index (χ0) is 16.3. The van der Waals surface area contributed by atoms with Crippen LogP contribution in [0.25, 0.3) is 11.3 Å². The van der Waals surface area contributed by atoms with Gasteiger partial charge in [0.05, 0.1) is 21.4 Å². The van der Waals surface area contributed by atoms with Crippen LogP contribution in [0.4, 0.5) is 0 Å². The molecule has 0 unspecified atom stereocenters. The molecule has 1 aromatic carbocycles. The molecule has 1 nitrogen and oxygen atoms in total. The molecule has 0 saturated heterocycles. The molecule has 1 heterocycles. The third-order valence-electron chi connectivity index (χ3n) is 4.11. The quantitative estimate of drug-likeness (QED) is 0.755. The van der Waals surface area contributed by atoms with E-state index < -0.39 is 5.21 Å². The third kappa shape index (κ3) is 3.63. The van der Waals surface area contributed by atoms with Crippen LogP contribution in [0.3, 0.4) is 0 Å². The van der Waals surface area contributed by atoms with Crippen LogP contribution >= 0.6 is 0 Å². The molecule has 0 aliphatic heterocycles. The van der Waals surface area contributed by atoms with Crippen LogP contribution in [0.15, 0.2) is 42.6 Å². The van der Waals surface area contributed by atoms with E-state index in [1.807, 2.05) is 38.2 Å². The monoisotopic (exact) mass is 287 g/mol. The lowest BCUT2D eigenvalue weighted by molar-refractivity contribution is 0.556. The van der Waals surface area contributed by atoms with Crippen LogP contribution in [-0.2, 0) is 11.6 Å². The molecule has 110 valence electrons. The van der Waals surface area contributed by atoms with Crippen molar-refractivity contribution in [1.82, 2.24) is 4.98 Å². The number of rotatable bonds is 5.